The van der Waals surface area contributed by atoms with Gasteiger partial charge in [-0.05, 0) is 23.6 Å². The molecule has 2 heterocycles. The molecule has 1 saturated heterocycles. The minimum Gasteiger partial charge on any atom is -0.351 e. The first-order valence-corrected chi connectivity index (χ1v) is 9.54. The van der Waals surface area contributed by atoms with Gasteiger partial charge in [0.15, 0.2) is 0 Å². The quantitative estimate of drug-likeness (QED) is 0.819. The number of halogens is 2. The normalized spacial score (nSPS) is 14.6. The van der Waals surface area contributed by atoms with Crippen LogP contribution in [0.3, 0.4) is 0 Å². The molecule has 1 aliphatic heterocycles. The van der Waals surface area contributed by atoms with Crippen molar-refractivity contribution in [3.05, 3.63) is 57.2 Å². The Bertz CT molecular complexity index is 732. The molecule has 1 aromatic carbocycles. The lowest BCUT2D eigenvalue weighted by molar-refractivity contribution is 0.0638. The molecule has 2 amide bonds. The summed E-state index contributed by atoms with van der Waals surface area (Å²) >= 11 is 7.62. The number of piperazine rings is 1. The second-order valence-corrected chi connectivity index (χ2v) is 7.07. The van der Waals surface area contributed by atoms with Crippen LogP contribution in [0.4, 0.5) is 0 Å². The first kappa shape index (κ1) is 20.7. The van der Waals surface area contributed by atoms with Crippen LogP contribution < -0.4 is 5.32 Å². The van der Waals surface area contributed by atoms with Crippen molar-refractivity contribution >= 4 is 47.2 Å². The smallest absolute Gasteiger partial charge is 0.255 e. The lowest BCUT2D eigenvalue weighted by Crippen LogP contribution is -2.50. The van der Waals surface area contributed by atoms with Gasteiger partial charge in [-0.25, -0.2) is 0 Å². The molecule has 1 aromatic heterocycles. The number of thiophene rings is 1. The van der Waals surface area contributed by atoms with Crippen LogP contribution in [0.1, 0.15) is 20.7 Å². The van der Waals surface area contributed by atoms with E-state index >= 15 is 0 Å². The molecule has 8 heteroatoms. The van der Waals surface area contributed by atoms with E-state index < -0.39 is 0 Å². The molecule has 0 bridgehead atoms. The first-order chi connectivity index (χ1) is 12.1. The Balaban J connectivity index is 0.00000243. The molecule has 140 valence electrons. The summed E-state index contributed by atoms with van der Waals surface area (Å²) in [5.41, 5.74) is 1.26. The van der Waals surface area contributed by atoms with Crippen LogP contribution in [0, 0.1) is 0 Å². The van der Waals surface area contributed by atoms with E-state index in [4.69, 9.17) is 11.6 Å². The largest absolute Gasteiger partial charge is 0.351 e. The number of amides is 2. The summed E-state index contributed by atoms with van der Waals surface area (Å²) in [6, 6.07) is 8.96. The van der Waals surface area contributed by atoms with Gasteiger partial charge in [-0.2, -0.15) is 11.3 Å². The fraction of sp³-hybridized carbons (Fsp3) is 0.333. The van der Waals surface area contributed by atoms with E-state index in [9.17, 15) is 9.59 Å². The zero-order chi connectivity index (χ0) is 17.6. The molecular formula is C18H21Cl2N3O2S. The van der Waals surface area contributed by atoms with Gasteiger partial charge in [0, 0.05) is 50.2 Å². The number of hydrogen-bond acceptors (Lipinski definition) is 4. The Hall–Kier alpha value is -1.60. The monoisotopic (exact) mass is 413 g/mol. The topological polar surface area (TPSA) is 52.7 Å². The highest BCUT2D eigenvalue weighted by Crippen LogP contribution is 2.18. The molecule has 0 spiro atoms. The van der Waals surface area contributed by atoms with E-state index in [1.807, 2.05) is 33.9 Å². The van der Waals surface area contributed by atoms with Crippen LogP contribution in [-0.4, -0.2) is 60.9 Å². The number of rotatable bonds is 5. The van der Waals surface area contributed by atoms with E-state index in [1.165, 1.54) is 11.3 Å². The lowest BCUT2D eigenvalue weighted by atomic mass is 10.2. The second-order valence-electron chi connectivity index (χ2n) is 5.88. The zero-order valence-corrected chi connectivity index (χ0v) is 16.6. The van der Waals surface area contributed by atoms with Crippen molar-refractivity contribution in [2.45, 2.75) is 0 Å². The second kappa shape index (κ2) is 9.92. The summed E-state index contributed by atoms with van der Waals surface area (Å²) < 4.78 is 0. The van der Waals surface area contributed by atoms with Crippen molar-refractivity contribution in [3.63, 3.8) is 0 Å². The van der Waals surface area contributed by atoms with Crippen molar-refractivity contribution in [1.82, 2.24) is 15.1 Å². The Morgan fingerprint density at radius 2 is 1.85 bits per heavy atom. The molecule has 1 N–H and O–H groups in total. The molecule has 3 rings (SSSR count). The number of carbonyl (C=O) groups excluding carboxylic acids is 2. The first-order valence-electron chi connectivity index (χ1n) is 8.21. The number of hydrogen-bond donors (Lipinski definition) is 1. The van der Waals surface area contributed by atoms with Crippen molar-refractivity contribution < 1.29 is 9.59 Å². The SMILES string of the molecule is Cl.O=C(NCCN1CCN(C(=O)c2ccccc2Cl)CC1)c1ccsc1. The van der Waals surface area contributed by atoms with E-state index in [0.29, 0.717) is 35.8 Å². The van der Waals surface area contributed by atoms with E-state index in [0.717, 1.165) is 19.6 Å². The highest BCUT2D eigenvalue weighted by Gasteiger charge is 2.23. The van der Waals surface area contributed by atoms with Gasteiger partial charge < -0.3 is 10.2 Å². The van der Waals surface area contributed by atoms with E-state index in [-0.39, 0.29) is 24.2 Å². The predicted octanol–water partition coefficient (Wildman–Crippen LogP) is 3.01. The predicted molar refractivity (Wildman–Crippen MR) is 108 cm³/mol. The minimum atomic E-state index is -0.0335. The van der Waals surface area contributed by atoms with Gasteiger partial charge in [-0.3, -0.25) is 14.5 Å². The third-order valence-corrected chi connectivity index (χ3v) is 5.27. The summed E-state index contributed by atoms with van der Waals surface area (Å²) in [7, 11) is 0. The average Bonchev–Trinajstić information content (AvgIpc) is 3.17. The Morgan fingerprint density at radius 1 is 1.12 bits per heavy atom. The van der Waals surface area contributed by atoms with Crippen molar-refractivity contribution in [2.24, 2.45) is 0 Å². The van der Waals surface area contributed by atoms with Crippen LogP contribution in [0.5, 0.6) is 0 Å². The maximum absolute atomic E-state index is 12.5. The number of nitrogens with zero attached hydrogens (tertiary/aromatic N) is 2. The average molecular weight is 414 g/mol. The molecule has 0 saturated carbocycles. The Morgan fingerprint density at radius 3 is 2.50 bits per heavy atom. The Kier molecular flexibility index (Phi) is 7.90. The van der Waals surface area contributed by atoms with Crippen molar-refractivity contribution in [2.75, 3.05) is 39.3 Å². The van der Waals surface area contributed by atoms with Crippen LogP contribution in [-0.2, 0) is 0 Å². The highest BCUT2D eigenvalue weighted by molar-refractivity contribution is 7.08. The van der Waals surface area contributed by atoms with Crippen LogP contribution >= 0.6 is 35.3 Å². The molecule has 0 unspecified atom stereocenters. The third kappa shape index (κ3) is 5.20. The molecule has 0 aliphatic carbocycles. The lowest BCUT2D eigenvalue weighted by Gasteiger charge is -2.34. The van der Waals surface area contributed by atoms with E-state index in [1.54, 1.807) is 12.1 Å². The molecule has 26 heavy (non-hydrogen) atoms. The van der Waals surface area contributed by atoms with E-state index in [2.05, 4.69) is 10.2 Å². The van der Waals surface area contributed by atoms with Crippen LogP contribution in [0.15, 0.2) is 41.1 Å². The third-order valence-electron chi connectivity index (χ3n) is 4.26. The summed E-state index contributed by atoms with van der Waals surface area (Å²) in [5.74, 6) is -0.0511. The maximum atomic E-state index is 12.5. The molecule has 1 fully saturated rings. The molecule has 0 radical (unpaired) electrons. The van der Waals surface area contributed by atoms with Gasteiger partial charge in [-0.15, -0.1) is 12.4 Å². The van der Waals surface area contributed by atoms with Gasteiger partial charge in [0.05, 0.1) is 10.6 Å². The number of benzene rings is 1. The van der Waals surface area contributed by atoms with Crippen LogP contribution in [0.25, 0.3) is 0 Å². The fourth-order valence-corrected chi connectivity index (χ4v) is 3.66. The highest BCUT2D eigenvalue weighted by atomic mass is 35.5. The fourth-order valence-electron chi connectivity index (χ4n) is 2.80. The van der Waals surface area contributed by atoms with Gasteiger partial charge >= 0.3 is 0 Å². The summed E-state index contributed by atoms with van der Waals surface area (Å²) in [6.45, 7) is 4.32. The van der Waals surface area contributed by atoms with Gasteiger partial charge in [0.1, 0.15) is 0 Å². The van der Waals surface area contributed by atoms with Crippen LogP contribution in [0.2, 0.25) is 5.02 Å². The molecule has 2 aromatic rings. The summed E-state index contributed by atoms with van der Waals surface area (Å²) in [4.78, 5) is 28.5. The standard InChI is InChI=1S/C18H20ClN3O2S.ClH/c19-16-4-2-1-3-15(16)18(24)22-10-8-21(9-11-22)7-6-20-17(23)14-5-12-25-13-14;/h1-5,12-13H,6-11H2,(H,20,23);1H. The molecule has 0 atom stereocenters. The van der Waals surface area contributed by atoms with Crippen molar-refractivity contribution in [1.29, 1.82) is 0 Å². The summed E-state index contributed by atoms with van der Waals surface area (Å²) in [5, 5.41) is 7.15. The Labute approximate surface area is 168 Å². The molecule has 1 aliphatic rings. The van der Waals surface area contributed by atoms with Crippen molar-refractivity contribution in [3.8, 4) is 0 Å². The maximum Gasteiger partial charge on any atom is 0.255 e. The number of carbonyl (C=O) groups is 2. The molecule has 5 nitrogen and oxygen atoms in total. The number of nitrogens with one attached hydrogen (secondary N) is 1. The minimum absolute atomic E-state index is 0. The van der Waals surface area contributed by atoms with Gasteiger partial charge in [-0.1, -0.05) is 23.7 Å². The molecular weight excluding hydrogens is 393 g/mol. The van der Waals surface area contributed by atoms with Gasteiger partial charge in [0.2, 0.25) is 0 Å². The van der Waals surface area contributed by atoms with Gasteiger partial charge in [0.25, 0.3) is 11.8 Å². The summed E-state index contributed by atoms with van der Waals surface area (Å²) in [6.07, 6.45) is 0. The zero-order valence-electron chi connectivity index (χ0n) is 14.2.